The molecule has 0 aromatic rings. The van der Waals surface area contributed by atoms with Gasteiger partial charge in [0.05, 0.1) is 6.04 Å². The van der Waals surface area contributed by atoms with E-state index in [1.165, 1.54) is 16.7 Å². The van der Waals surface area contributed by atoms with E-state index in [2.05, 4.69) is 5.32 Å². The van der Waals surface area contributed by atoms with Crippen LogP contribution < -0.4 is 5.32 Å². The molecule has 0 spiro atoms. The molecule has 0 aromatic carbocycles. The third-order valence-electron chi connectivity index (χ3n) is 6.47. The van der Waals surface area contributed by atoms with E-state index in [9.17, 15) is 24.0 Å². The van der Waals surface area contributed by atoms with Gasteiger partial charge in [0.15, 0.2) is 5.78 Å². The minimum absolute atomic E-state index is 0.0366. The summed E-state index contributed by atoms with van der Waals surface area (Å²) in [4.78, 5) is 64.8. The molecule has 1 aliphatic heterocycles. The normalized spacial score (nSPS) is 18.3. The zero-order valence-electron chi connectivity index (χ0n) is 21.6. The fraction of sp³-hybridized carbons (Fsp3) is 0.800. The van der Waals surface area contributed by atoms with Crippen molar-refractivity contribution in [2.75, 3.05) is 13.6 Å². The largest absolute Gasteiger partial charge is 0.344 e. The highest BCUT2D eigenvalue weighted by atomic mass is 16.2. The Morgan fingerprint density at radius 2 is 1.61 bits per heavy atom. The number of likely N-dealkylation sites (N-methyl/N-ethyl adjacent to an activating group) is 1. The smallest absolute Gasteiger partial charge is 0.243 e. The lowest BCUT2D eigenvalue weighted by atomic mass is 9.94. The number of ketones is 1. The van der Waals surface area contributed by atoms with Crippen molar-refractivity contribution in [1.29, 1.82) is 0 Å². The van der Waals surface area contributed by atoms with E-state index in [1.54, 1.807) is 7.05 Å². The predicted molar refractivity (Wildman–Crippen MR) is 127 cm³/mol. The molecule has 8 heteroatoms. The monoisotopic (exact) mass is 465 g/mol. The van der Waals surface area contributed by atoms with Crippen LogP contribution in [0.4, 0.5) is 0 Å². The van der Waals surface area contributed by atoms with Crippen molar-refractivity contribution in [3.05, 3.63) is 0 Å². The van der Waals surface area contributed by atoms with Crippen LogP contribution in [0.15, 0.2) is 0 Å². The Labute approximate surface area is 198 Å². The molecule has 1 N–H and O–H groups in total. The van der Waals surface area contributed by atoms with E-state index >= 15 is 0 Å². The van der Waals surface area contributed by atoms with E-state index in [0.29, 0.717) is 32.2 Å². The zero-order valence-corrected chi connectivity index (χ0v) is 21.6. The predicted octanol–water partition coefficient (Wildman–Crippen LogP) is 2.79. The molecule has 0 saturated carbocycles. The van der Waals surface area contributed by atoms with E-state index in [0.717, 1.165) is 0 Å². The van der Waals surface area contributed by atoms with Gasteiger partial charge in [0.2, 0.25) is 23.6 Å². The molecule has 33 heavy (non-hydrogen) atoms. The third kappa shape index (κ3) is 7.93. The van der Waals surface area contributed by atoms with E-state index in [4.69, 9.17) is 0 Å². The van der Waals surface area contributed by atoms with E-state index in [1.807, 2.05) is 41.5 Å². The molecule has 0 aliphatic carbocycles. The summed E-state index contributed by atoms with van der Waals surface area (Å²) < 4.78 is 0. The fourth-order valence-electron chi connectivity index (χ4n) is 4.42. The summed E-state index contributed by atoms with van der Waals surface area (Å²) in [6, 6.07) is -1.24. The number of nitrogens with one attached hydrogen (secondary N) is 1. The van der Waals surface area contributed by atoms with Crippen LogP contribution in [0.3, 0.4) is 0 Å². The minimum Gasteiger partial charge on any atom is -0.344 e. The summed E-state index contributed by atoms with van der Waals surface area (Å²) in [5.41, 5.74) is 0. The van der Waals surface area contributed by atoms with Crippen molar-refractivity contribution in [3.8, 4) is 0 Å². The first-order valence-electron chi connectivity index (χ1n) is 12.2. The highest BCUT2D eigenvalue weighted by Gasteiger charge is 2.39. The summed E-state index contributed by atoms with van der Waals surface area (Å²) in [5, 5.41) is 2.81. The number of amides is 4. The first kappa shape index (κ1) is 28.8. The molecule has 188 valence electrons. The Bertz CT molecular complexity index is 732. The topological polar surface area (TPSA) is 104 Å². The van der Waals surface area contributed by atoms with Crippen LogP contribution in [-0.4, -0.2) is 64.9 Å². The van der Waals surface area contributed by atoms with Crippen molar-refractivity contribution in [1.82, 2.24) is 15.1 Å². The molecule has 1 aliphatic rings. The summed E-state index contributed by atoms with van der Waals surface area (Å²) in [6.07, 6.45) is 2.55. The van der Waals surface area contributed by atoms with Crippen molar-refractivity contribution >= 4 is 29.4 Å². The van der Waals surface area contributed by atoms with E-state index in [-0.39, 0.29) is 59.5 Å². The van der Waals surface area contributed by atoms with Crippen LogP contribution in [0.25, 0.3) is 0 Å². The molecule has 8 nitrogen and oxygen atoms in total. The average molecular weight is 466 g/mol. The Hall–Kier alpha value is -2.25. The molecule has 1 saturated heterocycles. The first-order chi connectivity index (χ1) is 15.3. The number of Topliss-reactive ketones (excluding diaryl/α,β-unsaturated/α-hetero) is 1. The minimum atomic E-state index is -0.661. The molecule has 3 atom stereocenters. The molecule has 4 amide bonds. The second-order valence-electron chi connectivity index (χ2n) is 10.3. The van der Waals surface area contributed by atoms with Gasteiger partial charge >= 0.3 is 0 Å². The number of nitrogens with zero attached hydrogens (tertiary/aromatic N) is 2. The molecule has 0 aromatic heterocycles. The third-order valence-corrected chi connectivity index (χ3v) is 6.47. The van der Waals surface area contributed by atoms with Crippen molar-refractivity contribution < 1.29 is 24.0 Å². The number of carbonyl (C=O) groups excluding carboxylic acids is 5. The SMILES string of the molecule is CC(=O)[C@@H](NC(=O)[C@H](C(C)C)N(C)C(=O)CCCCCN1C(=O)CC(C(C)C)C1=O)C(C)C. The number of likely N-dealkylation sites (tertiary alicyclic amines) is 1. The molecule has 1 heterocycles. The summed E-state index contributed by atoms with van der Waals surface area (Å²) in [6.45, 7) is 13.3. The Kier molecular flexibility index (Phi) is 11.2. The van der Waals surface area contributed by atoms with Gasteiger partial charge < -0.3 is 10.2 Å². The first-order valence-corrected chi connectivity index (χ1v) is 12.2. The molecule has 1 unspecified atom stereocenters. The number of unbranched alkanes of at least 4 members (excludes halogenated alkanes) is 2. The van der Waals surface area contributed by atoms with Gasteiger partial charge in [-0.05, 0) is 37.5 Å². The lowest BCUT2D eigenvalue weighted by molar-refractivity contribution is -0.142. The van der Waals surface area contributed by atoms with Crippen LogP contribution in [0, 0.1) is 23.7 Å². The second-order valence-corrected chi connectivity index (χ2v) is 10.3. The number of hydrogen-bond donors (Lipinski definition) is 1. The van der Waals surface area contributed by atoms with Gasteiger partial charge in [-0.1, -0.05) is 48.0 Å². The van der Waals surface area contributed by atoms with Crippen molar-refractivity contribution in [2.45, 2.75) is 92.7 Å². The molecule has 0 radical (unpaired) electrons. The van der Waals surface area contributed by atoms with Gasteiger partial charge in [0.25, 0.3) is 0 Å². The van der Waals surface area contributed by atoms with Crippen LogP contribution in [0.5, 0.6) is 0 Å². The van der Waals surface area contributed by atoms with Gasteiger partial charge in [0.1, 0.15) is 6.04 Å². The van der Waals surface area contributed by atoms with Crippen LogP contribution in [0.2, 0.25) is 0 Å². The molecular weight excluding hydrogens is 422 g/mol. The molecule has 1 rings (SSSR count). The van der Waals surface area contributed by atoms with Crippen LogP contribution in [-0.2, 0) is 24.0 Å². The maximum absolute atomic E-state index is 12.9. The van der Waals surface area contributed by atoms with Crippen molar-refractivity contribution in [3.63, 3.8) is 0 Å². The van der Waals surface area contributed by atoms with Gasteiger partial charge in [-0.25, -0.2) is 0 Å². The Balaban J connectivity index is 2.55. The number of rotatable bonds is 13. The highest BCUT2D eigenvalue weighted by Crippen LogP contribution is 2.26. The Morgan fingerprint density at radius 1 is 1.00 bits per heavy atom. The van der Waals surface area contributed by atoms with Gasteiger partial charge in [-0.15, -0.1) is 0 Å². The van der Waals surface area contributed by atoms with E-state index < -0.39 is 12.1 Å². The quantitative estimate of drug-likeness (QED) is 0.333. The van der Waals surface area contributed by atoms with Crippen LogP contribution in [0.1, 0.15) is 80.6 Å². The average Bonchev–Trinajstić information content (AvgIpc) is 2.99. The zero-order chi connectivity index (χ0) is 25.5. The highest BCUT2D eigenvalue weighted by molar-refractivity contribution is 6.03. The van der Waals surface area contributed by atoms with Gasteiger partial charge in [-0.2, -0.15) is 0 Å². The number of imide groups is 1. The number of hydrogen-bond acceptors (Lipinski definition) is 5. The molecular formula is C25H43N3O5. The van der Waals surface area contributed by atoms with Gasteiger partial charge in [-0.3, -0.25) is 28.9 Å². The summed E-state index contributed by atoms with van der Waals surface area (Å²) in [7, 11) is 1.62. The lowest BCUT2D eigenvalue weighted by Crippen LogP contribution is -2.55. The molecule has 0 bridgehead atoms. The Morgan fingerprint density at radius 3 is 2.06 bits per heavy atom. The maximum Gasteiger partial charge on any atom is 0.243 e. The van der Waals surface area contributed by atoms with Crippen LogP contribution >= 0.6 is 0 Å². The standard InChI is InChI=1S/C25H43N3O5/c1-15(2)19-14-21(31)28(25(19)33)13-11-9-10-12-20(30)27(8)23(17(5)6)24(32)26-22(16(3)4)18(7)29/h15-17,19,22-23H,9-14H2,1-8H3,(H,26,32)/t19?,22-,23-/m0/s1. The summed E-state index contributed by atoms with van der Waals surface area (Å²) >= 11 is 0. The van der Waals surface area contributed by atoms with Crippen molar-refractivity contribution in [2.24, 2.45) is 23.7 Å². The lowest BCUT2D eigenvalue weighted by Gasteiger charge is -2.32. The summed E-state index contributed by atoms with van der Waals surface area (Å²) in [5.74, 6) is -0.967. The molecule has 1 fully saturated rings. The fourth-order valence-corrected chi connectivity index (χ4v) is 4.42. The maximum atomic E-state index is 12.9. The number of carbonyl (C=O) groups is 5. The van der Waals surface area contributed by atoms with Gasteiger partial charge in [0, 0.05) is 32.4 Å². The second kappa shape index (κ2) is 12.8.